The molecular formula is C20H23FN2OS. The first-order valence-electron chi connectivity index (χ1n) is 8.68. The van der Waals surface area contributed by atoms with Gasteiger partial charge in [-0.25, -0.2) is 4.39 Å². The molecule has 2 N–H and O–H groups in total. The summed E-state index contributed by atoms with van der Waals surface area (Å²) in [5, 5.41) is 6.14. The van der Waals surface area contributed by atoms with Crippen molar-refractivity contribution in [2.24, 2.45) is 5.92 Å². The number of hydrogen-bond acceptors (Lipinski definition) is 3. The van der Waals surface area contributed by atoms with Crippen LogP contribution < -0.4 is 10.6 Å². The summed E-state index contributed by atoms with van der Waals surface area (Å²) in [7, 11) is 0. The van der Waals surface area contributed by atoms with Crippen LogP contribution in [0.25, 0.3) is 0 Å². The second-order valence-electron chi connectivity index (χ2n) is 6.32. The van der Waals surface area contributed by atoms with Gasteiger partial charge >= 0.3 is 0 Å². The van der Waals surface area contributed by atoms with Crippen LogP contribution in [0, 0.1) is 11.7 Å². The Bertz CT molecular complexity index is 672. The Morgan fingerprint density at radius 2 is 1.96 bits per heavy atom. The molecule has 0 aliphatic carbocycles. The maximum absolute atomic E-state index is 13.1. The van der Waals surface area contributed by atoms with Crippen LogP contribution in [0.3, 0.4) is 0 Å². The first-order chi connectivity index (χ1) is 12.2. The highest BCUT2D eigenvalue weighted by atomic mass is 32.2. The summed E-state index contributed by atoms with van der Waals surface area (Å²) in [6, 6.07) is 16.0. The van der Waals surface area contributed by atoms with Gasteiger partial charge in [0.25, 0.3) is 0 Å². The van der Waals surface area contributed by atoms with Crippen molar-refractivity contribution < 1.29 is 9.18 Å². The van der Waals surface area contributed by atoms with Crippen molar-refractivity contribution in [3.63, 3.8) is 0 Å². The van der Waals surface area contributed by atoms with Gasteiger partial charge in [-0.05, 0) is 61.7 Å². The largest absolute Gasteiger partial charge is 0.355 e. The van der Waals surface area contributed by atoms with Crippen molar-refractivity contribution >= 4 is 17.7 Å². The van der Waals surface area contributed by atoms with Gasteiger partial charge in [0.05, 0.1) is 0 Å². The number of nitrogens with one attached hydrogen (secondary N) is 2. The minimum absolute atomic E-state index is 0.00565. The van der Waals surface area contributed by atoms with E-state index in [4.69, 9.17) is 0 Å². The first-order valence-corrected chi connectivity index (χ1v) is 9.56. The van der Waals surface area contributed by atoms with Crippen LogP contribution in [-0.4, -0.2) is 25.5 Å². The minimum Gasteiger partial charge on any atom is -0.355 e. The fraction of sp³-hybridized carbons (Fsp3) is 0.350. The van der Waals surface area contributed by atoms with E-state index < -0.39 is 0 Å². The van der Waals surface area contributed by atoms with E-state index in [9.17, 15) is 9.18 Å². The third-order valence-corrected chi connectivity index (χ3v) is 5.64. The zero-order valence-corrected chi connectivity index (χ0v) is 14.9. The number of rotatable bonds is 6. The summed E-state index contributed by atoms with van der Waals surface area (Å²) in [5.41, 5.74) is 0.955. The monoisotopic (exact) mass is 358 g/mol. The molecule has 25 heavy (non-hydrogen) atoms. The van der Waals surface area contributed by atoms with Crippen LogP contribution in [0.2, 0.25) is 0 Å². The molecule has 2 aromatic rings. The molecule has 0 saturated carbocycles. The van der Waals surface area contributed by atoms with Gasteiger partial charge in [0, 0.05) is 11.4 Å². The molecule has 1 aliphatic heterocycles. The summed E-state index contributed by atoms with van der Waals surface area (Å²) in [5.74, 6) is 0.228. The number of piperidine rings is 1. The van der Waals surface area contributed by atoms with Crippen LogP contribution in [0.5, 0.6) is 0 Å². The van der Waals surface area contributed by atoms with Gasteiger partial charge in [-0.3, -0.25) is 4.79 Å². The van der Waals surface area contributed by atoms with Gasteiger partial charge < -0.3 is 10.6 Å². The van der Waals surface area contributed by atoms with E-state index in [1.54, 1.807) is 12.1 Å². The standard InChI is InChI=1S/C20H23FN2OS/c21-17-8-10-18(11-9-17)25-19(16-6-2-1-3-7-16)20(24)23-14-15-5-4-12-22-13-15/h1-3,6-11,15,19,22H,4-5,12-14H2,(H,23,24). The van der Waals surface area contributed by atoms with E-state index in [2.05, 4.69) is 10.6 Å². The van der Waals surface area contributed by atoms with Crippen molar-refractivity contribution in [2.45, 2.75) is 23.0 Å². The second kappa shape index (κ2) is 9.02. The fourth-order valence-corrected chi connectivity index (χ4v) is 4.03. The second-order valence-corrected chi connectivity index (χ2v) is 7.50. The maximum atomic E-state index is 13.1. The van der Waals surface area contributed by atoms with Crippen molar-refractivity contribution in [2.75, 3.05) is 19.6 Å². The number of thioether (sulfide) groups is 1. The van der Waals surface area contributed by atoms with Crippen LogP contribution in [0.4, 0.5) is 4.39 Å². The first kappa shape index (κ1) is 18.0. The highest BCUT2D eigenvalue weighted by Gasteiger charge is 2.23. The van der Waals surface area contributed by atoms with Crippen molar-refractivity contribution in [1.82, 2.24) is 10.6 Å². The molecule has 1 amide bonds. The molecule has 0 radical (unpaired) electrons. The van der Waals surface area contributed by atoms with E-state index in [1.165, 1.54) is 23.9 Å². The Kier molecular flexibility index (Phi) is 6.48. The number of benzene rings is 2. The lowest BCUT2D eigenvalue weighted by Gasteiger charge is -2.24. The molecule has 5 heteroatoms. The van der Waals surface area contributed by atoms with E-state index in [1.807, 2.05) is 30.3 Å². The lowest BCUT2D eigenvalue weighted by molar-refractivity contribution is -0.120. The molecule has 2 aromatic carbocycles. The molecule has 0 aromatic heterocycles. The topological polar surface area (TPSA) is 41.1 Å². The molecule has 3 rings (SSSR count). The predicted octanol–water partition coefficient (Wildman–Crippen LogP) is 3.77. The van der Waals surface area contributed by atoms with Gasteiger partial charge in [-0.1, -0.05) is 30.3 Å². The van der Waals surface area contributed by atoms with Gasteiger partial charge in [0.15, 0.2) is 0 Å². The average Bonchev–Trinajstić information content (AvgIpc) is 2.67. The van der Waals surface area contributed by atoms with Crippen LogP contribution in [0.15, 0.2) is 59.5 Å². The van der Waals surface area contributed by atoms with E-state index >= 15 is 0 Å². The van der Waals surface area contributed by atoms with Gasteiger partial charge in [-0.2, -0.15) is 0 Å². The van der Waals surface area contributed by atoms with Crippen molar-refractivity contribution in [3.05, 3.63) is 66.0 Å². The highest BCUT2D eigenvalue weighted by Crippen LogP contribution is 2.35. The number of carbonyl (C=O) groups is 1. The van der Waals surface area contributed by atoms with Crippen LogP contribution in [0.1, 0.15) is 23.7 Å². The minimum atomic E-state index is -0.344. The van der Waals surface area contributed by atoms with Crippen LogP contribution in [-0.2, 0) is 4.79 Å². The zero-order chi connectivity index (χ0) is 17.5. The van der Waals surface area contributed by atoms with E-state index in [-0.39, 0.29) is 17.0 Å². The fourth-order valence-electron chi connectivity index (χ4n) is 2.99. The SMILES string of the molecule is O=C(NCC1CCCNC1)C(Sc1ccc(F)cc1)c1ccccc1. The highest BCUT2D eigenvalue weighted by molar-refractivity contribution is 8.00. The summed E-state index contributed by atoms with van der Waals surface area (Å²) in [4.78, 5) is 13.7. The number of carbonyl (C=O) groups excluding carboxylic acids is 1. The molecule has 3 nitrogen and oxygen atoms in total. The third-order valence-electron chi connectivity index (χ3n) is 4.37. The average molecular weight is 358 g/mol. The number of hydrogen-bond donors (Lipinski definition) is 2. The van der Waals surface area contributed by atoms with Gasteiger partial charge in [0.1, 0.15) is 11.1 Å². The van der Waals surface area contributed by atoms with Gasteiger partial charge in [0.2, 0.25) is 5.91 Å². The summed E-state index contributed by atoms with van der Waals surface area (Å²) in [6.45, 7) is 2.72. The Morgan fingerprint density at radius 3 is 2.64 bits per heavy atom. The predicted molar refractivity (Wildman–Crippen MR) is 100 cm³/mol. The molecule has 132 valence electrons. The lowest BCUT2D eigenvalue weighted by Crippen LogP contribution is -2.39. The molecule has 1 aliphatic rings. The summed E-state index contributed by atoms with van der Waals surface area (Å²) < 4.78 is 13.1. The molecule has 0 bridgehead atoms. The normalized spacial score (nSPS) is 18.5. The lowest BCUT2D eigenvalue weighted by atomic mass is 9.99. The molecule has 0 spiro atoms. The molecule has 2 unspecified atom stereocenters. The zero-order valence-electron chi connectivity index (χ0n) is 14.1. The summed E-state index contributed by atoms with van der Waals surface area (Å²) in [6.07, 6.45) is 2.31. The molecule has 1 fully saturated rings. The summed E-state index contributed by atoms with van der Waals surface area (Å²) >= 11 is 1.45. The number of amides is 1. The molecular weight excluding hydrogens is 335 g/mol. The Hall–Kier alpha value is -1.85. The smallest absolute Gasteiger partial charge is 0.238 e. The Balaban J connectivity index is 1.69. The van der Waals surface area contributed by atoms with Gasteiger partial charge in [-0.15, -0.1) is 11.8 Å². The quantitative estimate of drug-likeness (QED) is 0.772. The van der Waals surface area contributed by atoms with Crippen molar-refractivity contribution in [3.8, 4) is 0 Å². The Morgan fingerprint density at radius 1 is 1.20 bits per heavy atom. The van der Waals surface area contributed by atoms with E-state index in [0.29, 0.717) is 12.5 Å². The molecule has 2 atom stereocenters. The molecule has 1 saturated heterocycles. The van der Waals surface area contributed by atoms with E-state index in [0.717, 1.165) is 36.4 Å². The van der Waals surface area contributed by atoms with Crippen LogP contribution >= 0.6 is 11.8 Å². The Labute approximate surface area is 152 Å². The molecule has 1 heterocycles. The maximum Gasteiger partial charge on any atom is 0.238 e. The van der Waals surface area contributed by atoms with Crippen molar-refractivity contribution in [1.29, 1.82) is 0 Å². The number of halogens is 1. The third kappa shape index (κ3) is 5.31.